The standard InChI is InChI=1S/C20H20N4O4S/c1-4-23-11-24(14-9-7-6-8-13(14)23)10-15(25)22-19-16(20(27)28-5-2)12(3)17(29-19)18(21)26/h4,6-9,11H,1,5,10H2,2-3H3,(H2-,21,22,25,26,27)/p+1. The maximum Gasteiger partial charge on any atom is 0.341 e. The second-order valence-corrected chi connectivity index (χ2v) is 7.24. The molecule has 29 heavy (non-hydrogen) atoms. The minimum absolute atomic E-state index is 0.00642. The summed E-state index contributed by atoms with van der Waals surface area (Å²) in [6.45, 7) is 7.23. The number of nitrogens with two attached hydrogens (primary N) is 1. The van der Waals surface area contributed by atoms with Crippen molar-refractivity contribution in [2.45, 2.75) is 20.4 Å². The summed E-state index contributed by atoms with van der Waals surface area (Å²) in [7, 11) is 0. The van der Waals surface area contributed by atoms with Gasteiger partial charge in [0.25, 0.3) is 11.8 Å². The van der Waals surface area contributed by atoms with Gasteiger partial charge in [-0.3, -0.25) is 9.59 Å². The van der Waals surface area contributed by atoms with Gasteiger partial charge < -0.3 is 15.8 Å². The number of ether oxygens (including phenoxy) is 1. The van der Waals surface area contributed by atoms with Crippen LogP contribution in [-0.4, -0.2) is 29.0 Å². The Kier molecular flexibility index (Phi) is 5.79. The highest BCUT2D eigenvalue weighted by atomic mass is 32.1. The van der Waals surface area contributed by atoms with Gasteiger partial charge in [-0.15, -0.1) is 11.3 Å². The van der Waals surface area contributed by atoms with Gasteiger partial charge in [-0.25, -0.2) is 13.9 Å². The molecule has 0 unspecified atom stereocenters. The largest absolute Gasteiger partial charge is 0.462 e. The van der Waals surface area contributed by atoms with Gasteiger partial charge in [0.1, 0.15) is 5.00 Å². The van der Waals surface area contributed by atoms with Gasteiger partial charge in [-0.1, -0.05) is 18.7 Å². The number of nitrogens with zero attached hydrogens (tertiary/aromatic N) is 2. The molecule has 0 radical (unpaired) electrons. The van der Waals surface area contributed by atoms with Crippen LogP contribution in [0.5, 0.6) is 0 Å². The molecule has 0 aliphatic carbocycles. The van der Waals surface area contributed by atoms with Crippen molar-refractivity contribution in [3.8, 4) is 0 Å². The summed E-state index contributed by atoms with van der Waals surface area (Å²) in [4.78, 5) is 36.9. The van der Waals surface area contributed by atoms with Crippen LogP contribution in [0, 0.1) is 6.92 Å². The lowest BCUT2D eigenvalue weighted by atomic mass is 10.1. The van der Waals surface area contributed by atoms with Crippen molar-refractivity contribution in [2.24, 2.45) is 5.73 Å². The predicted octanol–water partition coefficient (Wildman–Crippen LogP) is 2.31. The number of esters is 1. The molecule has 0 aliphatic heterocycles. The van der Waals surface area contributed by atoms with Crippen LogP contribution in [0.3, 0.4) is 0 Å². The lowest BCUT2D eigenvalue weighted by molar-refractivity contribution is -0.658. The molecule has 3 aromatic rings. The number of benzene rings is 1. The first-order valence-corrected chi connectivity index (χ1v) is 9.70. The topological polar surface area (TPSA) is 107 Å². The van der Waals surface area contributed by atoms with Crippen molar-refractivity contribution < 1.29 is 23.7 Å². The smallest absolute Gasteiger partial charge is 0.341 e. The first-order chi connectivity index (χ1) is 13.9. The van der Waals surface area contributed by atoms with Crippen molar-refractivity contribution in [2.75, 3.05) is 11.9 Å². The van der Waals surface area contributed by atoms with Gasteiger partial charge >= 0.3 is 5.97 Å². The number of carbonyl (C=O) groups is 3. The average molecular weight is 413 g/mol. The maximum absolute atomic E-state index is 12.7. The van der Waals surface area contributed by atoms with E-state index in [1.165, 1.54) is 0 Å². The van der Waals surface area contributed by atoms with Crippen LogP contribution in [0.4, 0.5) is 5.00 Å². The highest BCUT2D eigenvalue weighted by molar-refractivity contribution is 7.18. The van der Waals surface area contributed by atoms with Crippen LogP contribution in [0.1, 0.15) is 32.5 Å². The third-order valence-corrected chi connectivity index (χ3v) is 5.57. The molecule has 2 aromatic heterocycles. The molecule has 0 fully saturated rings. The fourth-order valence-electron chi connectivity index (χ4n) is 3.08. The zero-order valence-electron chi connectivity index (χ0n) is 16.1. The number of hydrogen-bond acceptors (Lipinski definition) is 5. The minimum atomic E-state index is -0.665. The molecule has 150 valence electrons. The van der Waals surface area contributed by atoms with Gasteiger partial charge in [0.05, 0.1) is 23.2 Å². The van der Waals surface area contributed by atoms with E-state index in [0.29, 0.717) is 5.56 Å². The number of hydrogen-bond donors (Lipinski definition) is 2. The fraction of sp³-hybridized carbons (Fsp3) is 0.200. The maximum atomic E-state index is 12.7. The van der Waals surface area contributed by atoms with E-state index < -0.39 is 11.9 Å². The van der Waals surface area contributed by atoms with Gasteiger partial charge in [0, 0.05) is 0 Å². The Hall–Kier alpha value is -3.46. The minimum Gasteiger partial charge on any atom is -0.462 e. The van der Waals surface area contributed by atoms with Crippen LogP contribution >= 0.6 is 11.3 Å². The Morgan fingerprint density at radius 1 is 1.34 bits per heavy atom. The summed E-state index contributed by atoms with van der Waals surface area (Å²) in [6.07, 6.45) is 3.41. The SMILES string of the molecule is C=Cn1c[n+](CC(=O)Nc2sc(C(N)=O)c(C)c2C(=O)OCC)c2ccccc21. The summed E-state index contributed by atoms with van der Waals surface area (Å²) >= 11 is 0.963. The van der Waals surface area contributed by atoms with Crippen molar-refractivity contribution in [1.29, 1.82) is 0 Å². The number of nitrogens with one attached hydrogen (secondary N) is 1. The van der Waals surface area contributed by atoms with E-state index in [4.69, 9.17) is 10.5 Å². The van der Waals surface area contributed by atoms with Gasteiger partial charge in [0.15, 0.2) is 17.6 Å². The second kappa shape index (κ2) is 8.27. The molecule has 3 N–H and O–H groups in total. The highest BCUT2D eigenvalue weighted by Crippen LogP contribution is 2.33. The van der Waals surface area contributed by atoms with Crippen LogP contribution in [0.25, 0.3) is 17.2 Å². The van der Waals surface area contributed by atoms with Gasteiger partial charge in [-0.2, -0.15) is 0 Å². The lowest BCUT2D eigenvalue weighted by Gasteiger charge is -2.06. The molecule has 2 amide bonds. The predicted molar refractivity (Wildman–Crippen MR) is 111 cm³/mol. The number of primary amides is 1. The number of fused-ring (bicyclic) bond motifs is 1. The molecule has 2 heterocycles. The number of imidazole rings is 1. The van der Waals surface area contributed by atoms with Crippen molar-refractivity contribution in [3.63, 3.8) is 0 Å². The monoisotopic (exact) mass is 413 g/mol. The molecule has 0 saturated heterocycles. The Morgan fingerprint density at radius 2 is 2.07 bits per heavy atom. The van der Waals surface area contributed by atoms with E-state index in [9.17, 15) is 14.4 Å². The van der Waals surface area contributed by atoms with Crippen molar-refractivity contribution in [3.05, 3.63) is 53.2 Å². The van der Waals surface area contributed by atoms with Crippen LogP contribution in [0.15, 0.2) is 37.2 Å². The highest BCUT2D eigenvalue weighted by Gasteiger charge is 2.26. The Labute approximate surface area is 171 Å². The average Bonchev–Trinajstić information content (AvgIpc) is 3.19. The molecule has 1 aromatic carbocycles. The van der Waals surface area contributed by atoms with Crippen molar-refractivity contribution >= 4 is 51.4 Å². The van der Waals surface area contributed by atoms with Gasteiger partial charge in [0.2, 0.25) is 6.33 Å². The van der Waals surface area contributed by atoms with E-state index in [2.05, 4.69) is 11.9 Å². The molecule has 0 saturated carbocycles. The number of aromatic nitrogens is 2. The molecular weight excluding hydrogens is 392 g/mol. The fourth-order valence-corrected chi connectivity index (χ4v) is 4.14. The molecule has 9 heteroatoms. The Bertz CT molecular complexity index is 1130. The number of rotatable bonds is 7. The molecule has 0 bridgehead atoms. The summed E-state index contributed by atoms with van der Waals surface area (Å²) in [6, 6.07) is 7.60. The Balaban J connectivity index is 1.91. The molecule has 8 nitrogen and oxygen atoms in total. The van der Waals surface area contributed by atoms with E-state index in [0.717, 1.165) is 22.4 Å². The van der Waals surface area contributed by atoms with E-state index >= 15 is 0 Å². The number of thiophene rings is 1. The van der Waals surface area contributed by atoms with Crippen LogP contribution in [0.2, 0.25) is 0 Å². The molecule has 3 rings (SSSR count). The normalized spacial score (nSPS) is 10.7. The molecule has 0 aliphatic rings. The zero-order valence-corrected chi connectivity index (χ0v) is 16.9. The molecular formula is C20H21N4O4S+. The van der Waals surface area contributed by atoms with Crippen LogP contribution < -0.4 is 15.6 Å². The van der Waals surface area contributed by atoms with Crippen LogP contribution in [-0.2, 0) is 16.1 Å². The van der Waals surface area contributed by atoms with Crippen molar-refractivity contribution in [1.82, 2.24) is 4.57 Å². The quantitative estimate of drug-likeness (QED) is 0.458. The third kappa shape index (κ3) is 3.90. The Morgan fingerprint density at radius 3 is 2.72 bits per heavy atom. The van der Waals surface area contributed by atoms with E-state index in [-0.39, 0.29) is 34.5 Å². The lowest BCUT2D eigenvalue weighted by Crippen LogP contribution is -2.39. The summed E-state index contributed by atoms with van der Waals surface area (Å²) in [5.41, 5.74) is 7.70. The summed E-state index contributed by atoms with van der Waals surface area (Å²) in [5.74, 6) is -1.63. The van der Waals surface area contributed by atoms with E-state index in [1.807, 2.05) is 28.8 Å². The van der Waals surface area contributed by atoms with Gasteiger partial charge in [-0.05, 0) is 31.5 Å². The molecule has 0 atom stereocenters. The molecule has 0 spiro atoms. The third-order valence-electron chi connectivity index (χ3n) is 4.35. The summed E-state index contributed by atoms with van der Waals surface area (Å²) in [5, 5.41) is 2.96. The number of anilines is 1. The number of amides is 2. The first kappa shape index (κ1) is 20.3. The number of para-hydroxylation sites is 2. The second-order valence-electron chi connectivity index (χ2n) is 6.22. The zero-order chi connectivity index (χ0) is 21.1. The summed E-state index contributed by atoms with van der Waals surface area (Å²) < 4.78 is 8.64. The first-order valence-electron chi connectivity index (χ1n) is 8.89. The number of carbonyl (C=O) groups excluding carboxylic acids is 3. The van der Waals surface area contributed by atoms with E-state index in [1.54, 1.807) is 30.9 Å².